The Morgan fingerprint density at radius 2 is 1.50 bits per heavy atom. The van der Waals surface area contributed by atoms with Gasteiger partial charge in [-0.05, 0) is 31.1 Å². The van der Waals surface area contributed by atoms with E-state index in [1.54, 1.807) is 0 Å². The van der Waals surface area contributed by atoms with E-state index in [-0.39, 0.29) is 0 Å². The summed E-state index contributed by atoms with van der Waals surface area (Å²) in [4.78, 5) is 10.9. The lowest BCUT2D eigenvalue weighted by molar-refractivity contribution is -0.134. The zero-order valence-corrected chi connectivity index (χ0v) is 8.42. The van der Waals surface area contributed by atoms with Crippen molar-refractivity contribution in [3.63, 3.8) is 0 Å². The van der Waals surface area contributed by atoms with Crippen LogP contribution in [0.2, 0.25) is 0 Å². The van der Waals surface area contributed by atoms with Crippen molar-refractivity contribution in [3.05, 3.63) is 0 Å². The largest absolute Gasteiger partial charge is 0.300 e. The van der Waals surface area contributed by atoms with Crippen LogP contribution in [0.3, 0.4) is 0 Å². The molecule has 0 heterocycles. The Morgan fingerprint density at radius 1 is 1.00 bits per heavy atom. The summed E-state index contributed by atoms with van der Waals surface area (Å²) in [7, 11) is 0. The van der Waals surface area contributed by atoms with E-state index in [4.69, 9.17) is 23.2 Å². The summed E-state index contributed by atoms with van der Waals surface area (Å²) < 4.78 is -0.510. The average molecular weight is 207 g/mol. The first-order chi connectivity index (χ1) is 5.52. The molecule has 0 aromatic heterocycles. The normalized spacial score (nSPS) is 31.7. The zero-order chi connectivity index (χ0) is 8.82. The first-order valence-corrected chi connectivity index (χ1v) is 5.17. The van der Waals surface area contributed by atoms with Crippen molar-refractivity contribution in [1.82, 2.24) is 0 Å². The molecule has 2 fully saturated rings. The first kappa shape index (κ1) is 8.83. The third-order valence-electron chi connectivity index (χ3n) is 3.19. The first-order valence-electron chi connectivity index (χ1n) is 4.41. The molecule has 12 heavy (non-hydrogen) atoms. The van der Waals surface area contributed by atoms with Gasteiger partial charge >= 0.3 is 0 Å². The Bertz CT molecular complexity index is 203. The second kappa shape index (κ2) is 2.62. The van der Waals surface area contributed by atoms with Crippen LogP contribution in [0.25, 0.3) is 0 Å². The van der Waals surface area contributed by atoms with E-state index in [1.807, 2.05) is 0 Å². The second-order valence-corrected chi connectivity index (χ2v) is 5.89. The topological polar surface area (TPSA) is 17.1 Å². The van der Waals surface area contributed by atoms with Gasteiger partial charge in [0.05, 0.1) is 0 Å². The number of ketones is 1. The highest BCUT2D eigenvalue weighted by Crippen LogP contribution is 2.54. The lowest BCUT2D eigenvalue weighted by Crippen LogP contribution is -2.42. The molecule has 0 aromatic carbocycles. The second-order valence-electron chi connectivity index (χ2n) is 4.25. The van der Waals surface area contributed by atoms with E-state index in [1.165, 1.54) is 0 Å². The fraction of sp³-hybridized carbons (Fsp3) is 0.889. The number of carbonyl (C=O) groups excluding carboxylic acids is 1. The van der Waals surface area contributed by atoms with E-state index in [2.05, 4.69) is 0 Å². The third-order valence-corrected chi connectivity index (χ3v) is 3.94. The summed E-state index contributed by atoms with van der Waals surface area (Å²) in [6.45, 7) is 0. The van der Waals surface area contributed by atoms with Crippen molar-refractivity contribution >= 4 is 29.0 Å². The molecule has 0 bridgehead atoms. The molecule has 3 heteroatoms. The Labute approximate surface area is 82.4 Å². The molecule has 0 radical (unpaired) electrons. The van der Waals surface area contributed by atoms with Gasteiger partial charge in [0, 0.05) is 12.8 Å². The molecule has 0 atom stereocenters. The van der Waals surface area contributed by atoms with Gasteiger partial charge < -0.3 is 0 Å². The molecule has 2 aliphatic carbocycles. The average Bonchev–Trinajstić information content (AvgIpc) is 1.92. The van der Waals surface area contributed by atoms with Crippen LogP contribution in [0.5, 0.6) is 0 Å². The fourth-order valence-electron chi connectivity index (χ4n) is 2.28. The molecule has 1 spiro atoms. The van der Waals surface area contributed by atoms with Gasteiger partial charge in [-0.25, -0.2) is 0 Å². The van der Waals surface area contributed by atoms with Crippen molar-refractivity contribution in [2.45, 2.75) is 42.9 Å². The summed E-state index contributed by atoms with van der Waals surface area (Å²) in [5, 5.41) is 0. The summed E-state index contributed by atoms with van der Waals surface area (Å²) >= 11 is 12.0. The van der Waals surface area contributed by atoms with Crippen molar-refractivity contribution in [1.29, 1.82) is 0 Å². The molecule has 2 saturated carbocycles. The molecule has 2 rings (SSSR count). The predicted octanol–water partition coefficient (Wildman–Crippen LogP) is 3.08. The van der Waals surface area contributed by atoms with Gasteiger partial charge in [0.1, 0.15) is 10.1 Å². The monoisotopic (exact) mass is 206 g/mol. The van der Waals surface area contributed by atoms with Crippen molar-refractivity contribution in [2.24, 2.45) is 5.41 Å². The maximum absolute atomic E-state index is 10.9. The Morgan fingerprint density at radius 3 is 1.92 bits per heavy atom. The highest BCUT2D eigenvalue weighted by atomic mass is 35.5. The standard InChI is InChI=1S/C9H12Cl2O/c10-9(11)3-1-8(2-4-9)5-7(12)6-8/h1-6H2. The fourth-order valence-corrected chi connectivity index (χ4v) is 2.66. The summed E-state index contributed by atoms with van der Waals surface area (Å²) in [5.74, 6) is 0.409. The summed E-state index contributed by atoms with van der Waals surface area (Å²) in [6.07, 6.45) is 5.32. The van der Waals surface area contributed by atoms with Crippen molar-refractivity contribution in [3.8, 4) is 0 Å². The predicted molar refractivity (Wildman–Crippen MR) is 49.6 cm³/mol. The molecule has 0 N–H and O–H groups in total. The molecule has 0 saturated heterocycles. The molecule has 0 aliphatic heterocycles. The van der Waals surface area contributed by atoms with Gasteiger partial charge in [-0.2, -0.15) is 0 Å². The van der Waals surface area contributed by atoms with Gasteiger partial charge in [-0.15, -0.1) is 23.2 Å². The van der Waals surface area contributed by atoms with Gasteiger partial charge in [0.15, 0.2) is 0 Å². The quantitative estimate of drug-likeness (QED) is 0.558. The minimum absolute atomic E-state index is 0.310. The van der Waals surface area contributed by atoms with Crippen LogP contribution in [0.4, 0.5) is 0 Å². The van der Waals surface area contributed by atoms with E-state index < -0.39 is 4.33 Å². The maximum atomic E-state index is 10.9. The van der Waals surface area contributed by atoms with E-state index in [9.17, 15) is 4.79 Å². The van der Waals surface area contributed by atoms with Gasteiger partial charge in [-0.3, -0.25) is 4.79 Å². The molecule has 0 unspecified atom stereocenters. The highest BCUT2D eigenvalue weighted by Gasteiger charge is 2.48. The lowest BCUT2D eigenvalue weighted by Gasteiger charge is -2.46. The maximum Gasteiger partial charge on any atom is 0.134 e. The number of halogens is 2. The molecule has 0 amide bonds. The summed E-state index contributed by atoms with van der Waals surface area (Å²) in [5.41, 5.74) is 0.310. The smallest absolute Gasteiger partial charge is 0.134 e. The minimum atomic E-state index is -0.510. The molecular formula is C9H12Cl2O. The van der Waals surface area contributed by atoms with Crippen LogP contribution >= 0.6 is 23.2 Å². The van der Waals surface area contributed by atoms with E-state index >= 15 is 0 Å². The number of Topliss-reactive ketones (excluding diaryl/α,β-unsaturated/α-hetero) is 1. The highest BCUT2D eigenvalue weighted by molar-refractivity contribution is 6.48. The van der Waals surface area contributed by atoms with E-state index in [0.717, 1.165) is 38.5 Å². The van der Waals surface area contributed by atoms with Crippen molar-refractivity contribution < 1.29 is 4.79 Å². The lowest BCUT2D eigenvalue weighted by atomic mass is 9.60. The van der Waals surface area contributed by atoms with Gasteiger partial charge in [0.2, 0.25) is 0 Å². The van der Waals surface area contributed by atoms with Crippen LogP contribution in [0.15, 0.2) is 0 Å². The molecule has 2 aliphatic rings. The number of rotatable bonds is 0. The van der Waals surface area contributed by atoms with Crippen LogP contribution in [-0.4, -0.2) is 10.1 Å². The molecule has 68 valence electrons. The number of hydrogen-bond donors (Lipinski definition) is 0. The molecule has 0 aromatic rings. The third kappa shape index (κ3) is 1.49. The molecule has 1 nitrogen and oxygen atoms in total. The Hall–Kier alpha value is 0.250. The number of carbonyl (C=O) groups is 1. The van der Waals surface area contributed by atoms with Crippen molar-refractivity contribution in [2.75, 3.05) is 0 Å². The zero-order valence-electron chi connectivity index (χ0n) is 6.91. The Kier molecular flexibility index (Phi) is 1.93. The van der Waals surface area contributed by atoms with Crippen LogP contribution in [0.1, 0.15) is 38.5 Å². The van der Waals surface area contributed by atoms with Gasteiger partial charge in [0.25, 0.3) is 0 Å². The molecular weight excluding hydrogens is 195 g/mol. The van der Waals surface area contributed by atoms with Crippen LogP contribution < -0.4 is 0 Å². The van der Waals surface area contributed by atoms with Gasteiger partial charge in [-0.1, -0.05) is 0 Å². The van der Waals surface area contributed by atoms with E-state index in [0.29, 0.717) is 11.2 Å². The van der Waals surface area contributed by atoms with Crippen LogP contribution in [-0.2, 0) is 4.79 Å². The Balaban J connectivity index is 1.95. The van der Waals surface area contributed by atoms with Crippen LogP contribution in [0, 0.1) is 5.41 Å². The SMILES string of the molecule is O=C1CC2(CCC(Cl)(Cl)CC2)C1. The minimum Gasteiger partial charge on any atom is -0.300 e. The number of alkyl halides is 2. The summed E-state index contributed by atoms with van der Waals surface area (Å²) in [6, 6.07) is 0. The number of hydrogen-bond acceptors (Lipinski definition) is 1.